The molecule has 0 aliphatic heterocycles. The summed E-state index contributed by atoms with van der Waals surface area (Å²) < 4.78 is 0. The Kier molecular flexibility index (Phi) is 24.9. The Morgan fingerprint density at radius 1 is 0.542 bits per heavy atom. The summed E-state index contributed by atoms with van der Waals surface area (Å²) in [4.78, 5) is 137. The van der Waals surface area contributed by atoms with Crippen LogP contribution in [0.25, 0.3) is 0 Å². The average Bonchev–Trinajstić information content (AvgIpc) is 3.13. The van der Waals surface area contributed by atoms with Crippen LogP contribution in [0.4, 0.5) is 0 Å². The van der Waals surface area contributed by atoms with E-state index in [0.29, 0.717) is 6.42 Å². The second kappa shape index (κ2) is 27.7. The van der Waals surface area contributed by atoms with Crippen molar-refractivity contribution in [1.82, 2.24) is 37.2 Å². The highest BCUT2D eigenvalue weighted by Crippen LogP contribution is 2.09. The molecule has 8 amide bonds. The van der Waals surface area contributed by atoms with Crippen molar-refractivity contribution in [3.8, 4) is 0 Å². The number of nitrogens with two attached hydrogens (primary N) is 3. The SMILES string of the molecule is CC(C)C[C@H](NC(=O)CN)C(=O)N[C@@H](CC(=O)O)C(=O)N[C@@H](CCCCN)C(=O)N[C@@H](CCC(=O)O)C(=O)NCC(=O)N[C@@H](CCC(N)=O)C(=O)N[C@H](C(=O)O)C(C)C. The highest BCUT2D eigenvalue weighted by Gasteiger charge is 2.33. The minimum Gasteiger partial charge on any atom is -0.481 e. The van der Waals surface area contributed by atoms with Crippen molar-refractivity contribution in [2.24, 2.45) is 29.0 Å². The highest BCUT2D eigenvalue weighted by atomic mass is 16.4. The van der Waals surface area contributed by atoms with Crippen LogP contribution in [0.15, 0.2) is 0 Å². The monoisotopic (exact) mass is 844 g/mol. The maximum atomic E-state index is 13.6. The van der Waals surface area contributed by atoms with Gasteiger partial charge in [0.2, 0.25) is 47.3 Å². The molecule has 0 fully saturated rings. The summed E-state index contributed by atoms with van der Waals surface area (Å²) in [6, 6.07) is -8.88. The van der Waals surface area contributed by atoms with E-state index < -0.39 is 140 Å². The molecular weight excluding hydrogens is 784 g/mol. The number of amides is 8. The lowest BCUT2D eigenvalue weighted by Gasteiger charge is -2.26. The van der Waals surface area contributed by atoms with E-state index in [4.69, 9.17) is 17.2 Å². The van der Waals surface area contributed by atoms with Crippen molar-refractivity contribution in [2.75, 3.05) is 19.6 Å². The van der Waals surface area contributed by atoms with E-state index in [-0.39, 0.29) is 44.6 Å². The molecule has 6 atom stereocenters. The van der Waals surface area contributed by atoms with Crippen LogP contribution in [0.2, 0.25) is 0 Å². The van der Waals surface area contributed by atoms with E-state index in [1.54, 1.807) is 13.8 Å². The Morgan fingerprint density at radius 2 is 1.03 bits per heavy atom. The van der Waals surface area contributed by atoms with Gasteiger partial charge in [0.05, 0.1) is 19.5 Å². The zero-order chi connectivity index (χ0) is 45.4. The lowest BCUT2D eigenvalue weighted by molar-refractivity contribution is -0.143. The van der Waals surface area contributed by atoms with Gasteiger partial charge in [0.15, 0.2) is 0 Å². The molecule has 334 valence electrons. The lowest BCUT2D eigenvalue weighted by Crippen LogP contribution is -2.59. The number of rotatable bonds is 30. The third-order valence-electron chi connectivity index (χ3n) is 8.40. The van der Waals surface area contributed by atoms with Crippen LogP contribution in [0.5, 0.6) is 0 Å². The van der Waals surface area contributed by atoms with Gasteiger partial charge in [0.25, 0.3) is 0 Å². The normalized spacial score (nSPS) is 14.0. The molecule has 0 bridgehead atoms. The van der Waals surface area contributed by atoms with E-state index >= 15 is 0 Å². The molecule has 0 radical (unpaired) electrons. The second-order valence-electron chi connectivity index (χ2n) is 14.4. The fourth-order valence-electron chi connectivity index (χ4n) is 5.31. The van der Waals surface area contributed by atoms with E-state index in [2.05, 4.69) is 37.2 Å². The van der Waals surface area contributed by atoms with Crippen LogP contribution in [0, 0.1) is 11.8 Å². The lowest BCUT2D eigenvalue weighted by atomic mass is 10.0. The van der Waals surface area contributed by atoms with E-state index in [1.807, 2.05) is 0 Å². The van der Waals surface area contributed by atoms with E-state index in [9.17, 15) is 68.1 Å². The van der Waals surface area contributed by atoms with Gasteiger partial charge >= 0.3 is 17.9 Å². The van der Waals surface area contributed by atoms with Gasteiger partial charge in [0.1, 0.15) is 36.3 Å². The Morgan fingerprint density at radius 3 is 1.53 bits per heavy atom. The number of hydrogen-bond acceptors (Lipinski definition) is 13. The zero-order valence-corrected chi connectivity index (χ0v) is 33.7. The fourth-order valence-corrected chi connectivity index (χ4v) is 5.31. The first kappa shape index (κ1) is 53.1. The first-order valence-corrected chi connectivity index (χ1v) is 18.9. The van der Waals surface area contributed by atoms with Gasteiger partial charge in [0, 0.05) is 12.8 Å². The molecule has 59 heavy (non-hydrogen) atoms. The van der Waals surface area contributed by atoms with Crippen molar-refractivity contribution in [3.63, 3.8) is 0 Å². The summed E-state index contributed by atoms with van der Waals surface area (Å²) in [7, 11) is 0. The zero-order valence-electron chi connectivity index (χ0n) is 33.7. The molecule has 0 rings (SSSR count). The van der Waals surface area contributed by atoms with Crippen LogP contribution >= 0.6 is 0 Å². The summed E-state index contributed by atoms with van der Waals surface area (Å²) >= 11 is 0. The topological polar surface area (TPSA) is 411 Å². The van der Waals surface area contributed by atoms with Gasteiger partial charge in [-0.3, -0.25) is 47.9 Å². The Hall–Kier alpha value is -5.91. The average molecular weight is 845 g/mol. The summed E-state index contributed by atoms with van der Waals surface area (Å²) in [5.41, 5.74) is 16.1. The van der Waals surface area contributed by atoms with Crippen LogP contribution < -0.4 is 54.4 Å². The molecule has 0 spiro atoms. The van der Waals surface area contributed by atoms with E-state index in [0.717, 1.165) is 0 Å². The number of primary amides is 1. The van der Waals surface area contributed by atoms with E-state index in [1.165, 1.54) is 13.8 Å². The number of hydrogen-bond donors (Lipinski definition) is 13. The highest BCUT2D eigenvalue weighted by molar-refractivity contribution is 5.98. The van der Waals surface area contributed by atoms with Crippen molar-refractivity contribution in [3.05, 3.63) is 0 Å². The Bertz CT molecular complexity index is 1510. The summed E-state index contributed by atoms with van der Waals surface area (Å²) in [6.45, 7) is 5.43. The third kappa shape index (κ3) is 22.6. The number of carboxylic acid groups (broad SMARTS) is 3. The predicted octanol–water partition coefficient (Wildman–Crippen LogP) is -4.51. The molecule has 16 N–H and O–H groups in total. The number of carbonyl (C=O) groups excluding carboxylic acids is 8. The van der Waals surface area contributed by atoms with Gasteiger partial charge < -0.3 is 69.7 Å². The van der Waals surface area contributed by atoms with Crippen molar-refractivity contribution in [1.29, 1.82) is 0 Å². The number of carbonyl (C=O) groups is 11. The molecule has 0 aromatic carbocycles. The first-order chi connectivity index (χ1) is 27.5. The molecule has 24 nitrogen and oxygen atoms in total. The number of nitrogens with one attached hydrogen (secondary N) is 7. The van der Waals surface area contributed by atoms with Gasteiger partial charge in [-0.1, -0.05) is 27.7 Å². The first-order valence-electron chi connectivity index (χ1n) is 18.9. The quantitative estimate of drug-likeness (QED) is 0.0303. The molecule has 24 heteroatoms. The minimum atomic E-state index is -1.76. The summed E-state index contributed by atoms with van der Waals surface area (Å²) in [5, 5.41) is 44.4. The maximum absolute atomic E-state index is 13.6. The largest absolute Gasteiger partial charge is 0.481 e. The summed E-state index contributed by atoms with van der Waals surface area (Å²) in [5.74, 6) is -12.5. The molecule has 0 aliphatic carbocycles. The van der Waals surface area contributed by atoms with Crippen molar-refractivity contribution >= 4 is 65.2 Å². The van der Waals surface area contributed by atoms with Crippen molar-refractivity contribution in [2.45, 2.75) is 122 Å². The molecular formula is C35H60N10O14. The fraction of sp³-hybridized carbons (Fsp3) is 0.686. The molecule has 0 aromatic heterocycles. The smallest absolute Gasteiger partial charge is 0.326 e. The van der Waals surface area contributed by atoms with Crippen LogP contribution in [0.1, 0.15) is 85.5 Å². The molecule has 0 saturated carbocycles. The maximum Gasteiger partial charge on any atom is 0.326 e. The van der Waals surface area contributed by atoms with Crippen LogP contribution in [-0.2, 0) is 52.7 Å². The Balaban J connectivity index is 6.20. The van der Waals surface area contributed by atoms with Crippen LogP contribution in [-0.4, -0.2) is 136 Å². The van der Waals surface area contributed by atoms with Crippen molar-refractivity contribution < 1.29 is 68.1 Å². The van der Waals surface area contributed by atoms with Gasteiger partial charge in [-0.2, -0.15) is 0 Å². The van der Waals surface area contributed by atoms with Gasteiger partial charge in [-0.05, 0) is 56.9 Å². The minimum absolute atomic E-state index is 0.0985. The molecule has 0 saturated heterocycles. The number of unbranched alkanes of at least 4 members (excludes halogenated alkanes) is 1. The second-order valence-corrected chi connectivity index (χ2v) is 14.4. The molecule has 0 unspecified atom stereocenters. The molecule has 0 heterocycles. The van der Waals surface area contributed by atoms with Gasteiger partial charge in [-0.15, -0.1) is 0 Å². The molecule has 0 aliphatic rings. The summed E-state index contributed by atoms with van der Waals surface area (Å²) in [6.07, 6.45) is -2.26. The molecule has 0 aromatic rings. The number of aliphatic carboxylic acids is 3. The van der Waals surface area contributed by atoms with Crippen LogP contribution in [0.3, 0.4) is 0 Å². The predicted molar refractivity (Wildman–Crippen MR) is 206 cm³/mol. The number of carboxylic acids is 3. The standard InChI is InChI=1S/C35H60N10O14/c1-17(2)13-22(41-25(47)15-37)33(56)44-23(14-28(51)52)34(57)42-19(7-5-6-12-36)31(54)43-20(9-11-27(49)50)30(53)39-16-26(48)40-21(8-10-24(38)46)32(55)45-29(18(3)4)35(58)59/h17-23,29H,5-16,36-37H2,1-4H3,(H2,38,46)(H,39,53)(H,40,48)(H,41,47)(H,42,57)(H,43,54)(H,44,56)(H,45,55)(H,49,50)(H,51,52)(H,58,59)/t19-,20-,21-,22-,23-,29-/m0/s1. The third-order valence-corrected chi connectivity index (χ3v) is 8.40. The Labute approximate surface area is 340 Å². The van der Waals surface area contributed by atoms with Gasteiger partial charge in [-0.25, -0.2) is 4.79 Å².